The summed E-state index contributed by atoms with van der Waals surface area (Å²) in [4.78, 5) is 15.8. The second kappa shape index (κ2) is 3.18. The average Bonchev–Trinajstić information content (AvgIpc) is 2.57. The molecule has 1 atom stereocenters. The minimum Gasteiger partial charge on any atom is -0.351 e. The largest absolute Gasteiger partial charge is 0.351 e. The molecule has 0 fully saturated rings. The number of hydrogen-bond acceptors (Lipinski definition) is 5. The van der Waals surface area contributed by atoms with Crippen molar-refractivity contribution >= 4 is 22.8 Å². The lowest BCUT2D eigenvalue weighted by Gasteiger charge is -2.21. The molecule has 1 aromatic rings. The normalized spacial score (nSPS) is 22.5. The zero-order valence-electron chi connectivity index (χ0n) is 9.01. The summed E-state index contributed by atoms with van der Waals surface area (Å²) in [5, 5.41) is 0. The SMILES string of the molecule is CC1N=C2C(=CC(=S)c3cncnc32)N1C. The molecule has 0 amide bonds. The molecule has 16 heavy (non-hydrogen) atoms. The zero-order valence-corrected chi connectivity index (χ0v) is 9.82. The number of allylic oxidation sites excluding steroid dienone is 2. The first-order valence-corrected chi connectivity index (χ1v) is 5.46. The molecule has 3 rings (SSSR count). The summed E-state index contributed by atoms with van der Waals surface area (Å²) >= 11 is 5.34. The maximum Gasteiger partial charge on any atom is 0.118 e. The molecule has 1 aromatic heterocycles. The molecule has 1 aliphatic heterocycles. The van der Waals surface area contributed by atoms with Gasteiger partial charge in [0.25, 0.3) is 0 Å². The van der Waals surface area contributed by atoms with Crippen LogP contribution in [-0.4, -0.2) is 38.7 Å². The van der Waals surface area contributed by atoms with E-state index in [1.807, 2.05) is 13.1 Å². The summed E-state index contributed by atoms with van der Waals surface area (Å²) in [7, 11) is 2.02. The molecule has 1 unspecified atom stereocenters. The fourth-order valence-electron chi connectivity index (χ4n) is 1.96. The Balaban J connectivity index is 2.25. The van der Waals surface area contributed by atoms with Crippen molar-refractivity contribution in [3.63, 3.8) is 0 Å². The van der Waals surface area contributed by atoms with Gasteiger partial charge in [-0.2, -0.15) is 0 Å². The van der Waals surface area contributed by atoms with Crippen molar-refractivity contribution in [1.82, 2.24) is 14.9 Å². The van der Waals surface area contributed by atoms with Gasteiger partial charge in [-0.05, 0) is 13.0 Å². The van der Waals surface area contributed by atoms with Crippen LogP contribution in [0.5, 0.6) is 0 Å². The number of hydrogen-bond donors (Lipinski definition) is 0. The fraction of sp³-hybridized carbons (Fsp3) is 0.273. The molecule has 2 aliphatic rings. The van der Waals surface area contributed by atoms with E-state index in [0.717, 1.165) is 27.5 Å². The van der Waals surface area contributed by atoms with Crippen LogP contribution >= 0.6 is 12.2 Å². The molecule has 0 saturated heterocycles. The van der Waals surface area contributed by atoms with Crippen molar-refractivity contribution in [1.29, 1.82) is 0 Å². The van der Waals surface area contributed by atoms with Gasteiger partial charge in [0, 0.05) is 18.8 Å². The highest BCUT2D eigenvalue weighted by Gasteiger charge is 2.32. The lowest BCUT2D eigenvalue weighted by Crippen LogP contribution is -2.26. The maximum absolute atomic E-state index is 5.34. The highest BCUT2D eigenvalue weighted by molar-refractivity contribution is 7.81. The van der Waals surface area contributed by atoms with Gasteiger partial charge in [-0.1, -0.05) is 12.2 Å². The van der Waals surface area contributed by atoms with Gasteiger partial charge in [-0.15, -0.1) is 0 Å². The standard InChI is InChI=1S/C11H10N4S/c1-6-14-11-8(15(6)2)3-9(16)7-4-12-5-13-10(7)11/h3-6H,1-2H3. The van der Waals surface area contributed by atoms with Crippen molar-refractivity contribution in [3.8, 4) is 0 Å². The average molecular weight is 230 g/mol. The summed E-state index contributed by atoms with van der Waals surface area (Å²) in [6.07, 6.45) is 5.41. The van der Waals surface area contributed by atoms with E-state index in [1.54, 1.807) is 6.20 Å². The van der Waals surface area contributed by atoms with Crippen LogP contribution in [0.1, 0.15) is 18.2 Å². The highest BCUT2D eigenvalue weighted by Crippen LogP contribution is 2.28. The number of fused-ring (bicyclic) bond motifs is 3. The zero-order chi connectivity index (χ0) is 11.3. The second-order valence-electron chi connectivity index (χ2n) is 3.90. The Morgan fingerprint density at radius 3 is 3.06 bits per heavy atom. The summed E-state index contributed by atoms with van der Waals surface area (Å²) < 4.78 is 0. The van der Waals surface area contributed by atoms with E-state index >= 15 is 0 Å². The summed E-state index contributed by atoms with van der Waals surface area (Å²) in [6, 6.07) is 0. The van der Waals surface area contributed by atoms with Crippen molar-refractivity contribution in [3.05, 3.63) is 35.6 Å². The molecule has 0 aromatic carbocycles. The molecular formula is C11H10N4S. The van der Waals surface area contributed by atoms with Crippen LogP contribution in [0.2, 0.25) is 0 Å². The molecule has 5 heteroatoms. The van der Waals surface area contributed by atoms with Crippen LogP contribution in [0.15, 0.2) is 29.3 Å². The predicted octanol–water partition coefficient (Wildman–Crippen LogP) is 1.17. The van der Waals surface area contributed by atoms with Crippen LogP contribution in [0.3, 0.4) is 0 Å². The monoisotopic (exact) mass is 230 g/mol. The second-order valence-corrected chi connectivity index (χ2v) is 4.34. The fourth-order valence-corrected chi connectivity index (χ4v) is 2.22. The molecule has 1 aliphatic carbocycles. The van der Waals surface area contributed by atoms with E-state index in [2.05, 4.69) is 26.8 Å². The van der Waals surface area contributed by atoms with Gasteiger partial charge in [0.2, 0.25) is 0 Å². The molecule has 0 radical (unpaired) electrons. The Hall–Kier alpha value is -1.62. The van der Waals surface area contributed by atoms with Crippen molar-refractivity contribution in [2.24, 2.45) is 4.99 Å². The molecule has 0 N–H and O–H groups in total. The number of likely N-dealkylation sites (N-methyl/N-ethyl adjacent to an activating group) is 1. The maximum atomic E-state index is 5.34. The minimum atomic E-state index is 0.143. The van der Waals surface area contributed by atoms with Crippen LogP contribution in [0.4, 0.5) is 0 Å². The van der Waals surface area contributed by atoms with Crippen LogP contribution < -0.4 is 0 Å². The number of thiocarbonyl (C=S) groups is 1. The Labute approximate surface area is 98.7 Å². The van der Waals surface area contributed by atoms with Gasteiger partial charge >= 0.3 is 0 Å². The molecule has 0 bridgehead atoms. The van der Waals surface area contributed by atoms with E-state index in [9.17, 15) is 0 Å². The van der Waals surface area contributed by atoms with Crippen molar-refractivity contribution in [2.75, 3.05) is 7.05 Å². The van der Waals surface area contributed by atoms with Crippen LogP contribution in [-0.2, 0) is 0 Å². The summed E-state index contributed by atoms with van der Waals surface area (Å²) in [5.41, 5.74) is 3.75. The van der Waals surface area contributed by atoms with Gasteiger partial charge < -0.3 is 4.90 Å². The topological polar surface area (TPSA) is 41.4 Å². The molecule has 2 heterocycles. The Kier molecular flexibility index (Phi) is 1.91. The van der Waals surface area contributed by atoms with Crippen molar-refractivity contribution < 1.29 is 0 Å². The van der Waals surface area contributed by atoms with Gasteiger partial charge in [-0.3, -0.25) is 4.99 Å². The Morgan fingerprint density at radius 2 is 2.25 bits per heavy atom. The third kappa shape index (κ3) is 1.15. The van der Waals surface area contributed by atoms with E-state index < -0.39 is 0 Å². The minimum absolute atomic E-state index is 0.143. The molecular weight excluding hydrogens is 220 g/mol. The molecule has 0 spiro atoms. The van der Waals surface area contributed by atoms with Gasteiger partial charge in [0.15, 0.2) is 0 Å². The first kappa shape index (κ1) is 9.59. The van der Waals surface area contributed by atoms with Crippen molar-refractivity contribution in [2.45, 2.75) is 13.1 Å². The third-order valence-corrected chi connectivity index (χ3v) is 3.31. The molecule has 0 saturated carbocycles. The number of aliphatic imine (C=N–C) groups is 1. The third-order valence-electron chi connectivity index (χ3n) is 2.97. The van der Waals surface area contributed by atoms with E-state index in [-0.39, 0.29) is 6.17 Å². The number of nitrogens with zero attached hydrogens (tertiary/aromatic N) is 4. The number of aromatic nitrogens is 2. The quantitative estimate of drug-likeness (QED) is 0.627. The first-order valence-electron chi connectivity index (χ1n) is 5.06. The molecule has 80 valence electrons. The Morgan fingerprint density at radius 1 is 1.44 bits per heavy atom. The summed E-state index contributed by atoms with van der Waals surface area (Å²) in [5.74, 6) is 0. The number of rotatable bonds is 0. The lowest BCUT2D eigenvalue weighted by molar-refractivity contribution is 0.371. The van der Waals surface area contributed by atoms with Gasteiger partial charge in [0.1, 0.15) is 23.9 Å². The van der Waals surface area contributed by atoms with E-state index in [4.69, 9.17) is 12.2 Å². The van der Waals surface area contributed by atoms with Crippen LogP contribution in [0.25, 0.3) is 0 Å². The highest BCUT2D eigenvalue weighted by atomic mass is 32.1. The van der Waals surface area contributed by atoms with Gasteiger partial charge in [0.05, 0.1) is 10.6 Å². The summed E-state index contributed by atoms with van der Waals surface area (Å²) in [6.45, 7) is 2.05. The lowest BCUT2D eigenvalue weighted by atomic mass is 9.99. The van der Waals surface area contributed by atoms with E-state index in [1.165, 1.54) is 6.33 Å². The van der Waals surface area contributed by atoms with Gasteiger partial charge in [-0.25, -0.2) is 9.97 Å². The van der Waals surface area contributed by atoms with E-state index in [0.29, 0.717) is 0 Å². The Bertz CT molecular complexity index is 547. The van der Waals surface area contributed by atoms with Crippen LogP contribution in [0, 0.1) is 0 Å². The molecule has 4 nitrogen and oxygen atoms in total. The predicted molar refractivity (Wildman–Crippen MR) is 65.6 cm³/mol. The smallest absolute Gasteiger partial charge is 0.118 e. The first-order chi connectivity index (χ1) is 7.68.